The lowest BCUT2D eigenvalue weighted by molar-refractivity contribution is -0.111. The first kappa shape index (κ1) is 30.3. The van der Waals surface area contributed by atoms with Crippen molar-refractivity contribution in [2.45, 2.75) is 20.0 Å². The number of para-hydroxylation sites is 1. The number of nitrogens with one attached hydrogen (secondary N) is 2. The number of carbonyl (C=O) groups excluding carboxylic acids is 2. The number of hydrogen-bond donors (Lipinski definition) is 2. The SMILES string of the molecule is CNC(=O)c1ccc(/C=C/C(=O)Nc2ccc(Cl)c(CCOc3cccc4c(OCc5ccccn5)cc(C)nc34)c2)cc1. The largest absolute Gasteiger partial charge is 0.491 e. The van der Waals surface area contributed by atoms with Gasteiger partial charge in [0.1, 0.15) is 23.6 Å². The lowest BCUT2D eigenvalue weighted by Gasteiger charge is -2.14. The Bertz CT molecular complexity index is 1810. The van der Waals surface area contributed by atoms with Crippen LogP contribution in [-0.4, -0.2) is 35.4 Å². The standard InChI is InChI=1S/C35H31ClN4O4/c1-23-20-32(44-22-28-6-3-4-18-38-28)29-7-5-8-31(34(29)39-23)43-19-17-26-21-27(14-15-30(26)36)40-33(41)16-11-24-9-12-25(13-10-24)35(42)37-2/h3-16,18,20-21H,17,19,22H2,1-2H3,(H,37,42)(H,40,41)/b16-11+. The van der Waals surface area contributed by atoms with E-state index >= 15 is 0 Å². The summed E-state index contributed by atoms with van der Waals surface area (Å²) in [5.41, 5.74) is 5.16. The molecule has 0 aliphatic rings. The maximum absolute atomic E-state index is 12.6. The fraction of sp³-hybridized carbons (Fsp3) is 0.143. The first-order valence-electron chi connectivity index (χ1n) is 14.0. The van der Waals surface area contributed by atoms with Crippen LogP contribution in [0, 0.1) is 6.92 Å². The Morgan fingerprint density at radius 2 is 1.77 bits per heavy atom. The van der Waals surface area contributed by atoms with E-state index in [1.807, 2.05) is 55.5 Å². The average molecular weight is 607 g/mol. The number of rotatable bonds is 11. The second-order valence-electron chi connectivity index (χ2n) is 9.95. The van der Waals surface area contributed by atoms with Crippen LogP contribution in [0.1, 0.15) is 32.9 Å². The molecule has 0 aliphatic heterocycles. The van der Waals surface area contributed by atoms with Gasteiger partial charge in [0.25, 0.3) is 5.91 Å². The third kappa shape index (κ3) is 7.79. The number of ether oxygens (including phenoxy) is 2. The zero-order chi connectivity index (χ0) is 30.9. The van der Waals surface area contributed by atoms with Crippen LogP contribution in [-0.2, 0) is 17.8 Å². The summed E-state index contributed by atoms with van der Waals surface area (Å²) in [7, 11) is 1.58. The molecular formula is C35H31ClN4O4. The van der Waals surface area contributed by atoms with Crippen molar-refractivity contribution in [1.29, 1.82) is 0 Å². The maximum atomic E-state index is 12.6. The Hall–Kier alpha value is -5.21. The Kier molecular flexibility index (Phi) is 9.84. The predicted molar refractivity (Wildman–Crippen MR) is 173 cm³/mol. The number of pyridine rings is 2. The van der Waals surface area contributed by atoms with Crippen molar-refractivity contribution < 1.29 is 19.1 Å². The van der Waals surface area contributed by atoms with Crippen molar-refractivity contribution in [3.63, 3.8) is 0 Å². The van der Waals surface area contributed by atoms with E-state index in [0.717, 1.165) is 27.9 Å². The Labute approximate surface area is 260 Å². The van der Waals surface area contributed by atoms with E-state index < -0.39 is 0 Å². The van der Waals surface area contributed by atoms with Crippen LogP contribution >= 0.6 is 11.6 Å². The zero-order valence-electron chi connectivity index (χ0n) is 24.3. The van der Waals surface area contributed by atoms with E-state index in [-0.39, 0.29) is 11.8 Å². The second-order valence-corrected chi connectivity index (χ2v) is 10.4. The van der Waals surface area contributed by atoms with Gasteiger partial charge in [0.15, 0.2) is 0 Å². The molecule has 5 aromatic rings. The summed E-state index contributed by atoms with van der Waals surface area (Å²) in [5, 5.41) is 6.88. The Morgan fingerprint density at radius 1 is 0.932 bits per heavy atom. The summed E-state index contributed by atoms with van der Waals surface area (Å²) < 4.78 is 12.3. The highest BCUT2D eigenvalue weighted by Crippen LogP contribution is 2.32. The summed E-state index contributed by atoms with van der Waals surface area (Å²) in [6.45, 7) is 2.61. The number of halogens is 1. The van der Waals surface area contributed by atoms with Crippen molar-refractivity contribution >= 4 is 46.1 Å². The Balaban J connectivity index is 1.21. The van der Waals surface area contributed by atoms with E-state index in [1.54, 1.807) is 55.7 Å². The quantitative estimate of drug-likeness (QED) is 0.160. The number of fused-ring (bicyclic) bond motifs is 1. The van der Waals surface area contributed by atoms with Crippen LogP contribution in [0.15, 0.2) is 97.2 Å². The molecule has 0 unspecified atom stereocenters. The van der Waals surface area contributed by atoms with E-state index in [0.29, 0.717) is 52.9 Å². The summed E-state index contributed by atoms with van der Waals surface area (Å²) in [6, 6.07) is 25.7. The predicted octanol–water partition coefficient (Wildman–Crippen LogP) is 6.80. The molecule has 0 fully saturated rings. The third-order valence-corrected chi connectivity index (χ3v) is 7.13. The van der Waals surface area contributed by atoms with E-state index in [4.69, 9.17) is 26.1 Å². The molecule has 2 aromatic heterocycles. The molecule has 0 bridgehead atoms. The number of amides is 2. The summed E-state index contributed by atoms with van der Waals surface area (Å²) >= 11 is 6.48. The van der Waals surface area contributed by atoms with Crippen molar-refractivity contribution in [1.82, 2.24) is 15.3 Å². The third-order valence-electron chi connectivity index (χ3n) is 6.76. The highest BCUT2D eigenvalue weighted by atomic mass is 35.5. The van der Waals surface area contributed by atoms with Crippen LogP contribution in [0.3, 0.4) is 0 Å². The Morgan fingerprint density at radius 3 is 2.55 bits per heavy atom. The minimum atomic E-state index is -0.289. The van der Waals surface area contributed by atoms with Gasteiger partial charge in [0.2, 0.25) is 5.91 Å². The van der Waals surface area contributed by atoms with Crippen LogP contribution < -0.4 is 20.1 Å². The highest BCUT2D eigenvalue weighted by Gasteiger charge is 2.12. The molecule has 44 heavy (non-hydrogen) atoms. The monoisotopic (exact) mass is 606 g/mol. The number of aryl methyl sites for hydroxylation is 1. The molecule has 2 N–H and O–H groups in total. The number of benzene rings is 3. The smallest absolute Gasteiger partial charge is 0.251 e. The molecule has 2 heterocycles. The van der Waals surface area contributed by atoms with E-state index in [9.17, 15) is 9.59 Å². The summed E-state index contributed by atoms with van der Waals surface area (Å²) in [5.74, 6) is 0.901. The van der Waals surface area contributed by atoms with E-state index in [2.05, 4.69) is 15.6 Å². The number of nitrogens with zero attached hydrogens (tertiary/aromatic N) is 2. The van der Waals surface area contributed by atoms with Crippen molar-refractivity contribution in [2.75, 3.05) is 19.0 Å². The number of hydrogen-bond acceptors (Lipinski definition) is 6. The van der Waals surface area contributed by atoms with Gasteiger partial charge in [-0.3, -0.25) is 14.6 Å². The lowest BCUT2D eigenvalue weighted by Crippen LogP contribution is -2.17. The molecule has 5 rings (SSSR count). The molecule has 2 amide bonds. The molecule has 0 spiro atoms. The molecule has 0 saturated heterocycles. The fourth-order valence-corrected chi connectivity index (χ4v) is 4.76. The molecule has 0 radical (unpaired) electrons. The number of anilines is 1. The van der Waals surface area contributed by atoms with Gasteiger partial charge in [-0.25, -0.2) is 4.98 Å². The molecule has 0 aliphatic carbocycles. The van der Waals surface area contributed by atoms with Crippen LogP contribution in [0.4, 0.5) is 5.69 Å². The average Bonchev–Trinajstić information content (AvgIpc) is 3.04. The lowest BCUT2D eigenvalue weighted by atomic mass is 10.1. The first-order valence-corrected chi connectivity index (χ1v) is 14.4. The summed E-state index contributed by atoms with van der Waals surface area (Å²) in [4.78, 5) is 33.3. The van der Waals surface area contributed by atoms with Gasteiger partial charge < -0.3 is 20.1 Å². The number of aromatic nitrogens is 2. The fourth-order valence-electron chi connectivity index (χ4n) is 4.54. The van der Waals surface area contributed by atoms with Gasteiger partial charge in [-0.2, -0.15) is 0 Å². The molecule has 0 atom stereocenters. The van der Waals surface area contributed by atoms with Crippen molar-refractivity contribution in [2.24, 2.45) is 0 Å². The molecular weight excluding hydrogens is 576 g/mol. The topological polar surface area (TPSA) is 102 Å². The first-order chi connectivity index (χ1) is 21.4. The van der Waals surface area contributed by atoms with Crippen LogP contribution in [0.25, 0.3) is 17.0 Å². The van der Waals surface area contributed by atoms with Crippen molar-refractivity contribution in [3.8, 4) is 11.5 Å². The van der Waals surface area contributed by atoms with Crippen LogP contribution in [0.5, 0.6) is 11.5 Å². The minimum Gasteiger partial charge on any atom is -0.491 e. The zero-order valence-corrected chi connectivity index (χ0v) is 25.1. The van der Waals surface area contributed by atoms with Gasteiger partial charge in [0, 0.05) is 59.2 Å². The molecule has 222 valence electrons. The minimum absolute atomic E-state index is 0.165. The molecule has 0 saturated carbocycles. The normalized spacial score (nSPS) is 11.0. The van der Waals surface area contributed by atoms with Gasteiger partial charge in [-0.1, -0.05) is 35.9 Å². The molecule has 3 aromatic carbocycles. The highest BCUT2D eigenvalue weighted by molar-refractivity contribution is 6.31. The van der Waals surface area contributed by atoms with Gasteiger partial charge >= 0.3 is 0 Å². The van der Waals surface area contributed by atoms with Crippen LogP contribution in [0.2, 0.25) is 5.02 Å². The van der Waals surface area contributed by atoms with E-state index in [1.165, 1.54) is 6.08 Å². The van der Waals surface area contributed by atoms with Gasteiger partial charge in [0.05, 0.1) is 12.3 Å². The van der Waals surface area contributed by atoms with Gasteiger partial charge in [-0.05, 0) is 78.7 Å². The number of carbonyl (C=O) groups is 2. The van der Waals surface area contributed by atoms with Gasteiger partial charge in [-0.15, -0.1) is 0 Å². The summed E-state index contributed by atoms with van der Waals surface area (Å²) in [6.07, 6.45) is 5.38. The molecule has 8 nitrogen and oxygen atoms in total. The second kappa shape index (κ2) is 14.3. The molecule has 9 heteroatoms. The van der Waals surface area contributed by atoms with Crippen molar-refractivity contribution in [3.05, 3.63) is 130 Å². The maximum Gasteiger partial charge on any atom is 0.251 e.